The SMILES string of the molecule is CC(C)(C)c1ccc(Cc2ccc(C(N)=O)cn2)cc1.CC(C)(C)c1ccc(Cc2ccc(CN)cn2)cc1.NC(=O)c1ccc(Cl)nc1.[2H][2H]. The van der Waals surface area contributed by atoms with Gasteiger partial charge in [-0.05, 0) is 69.0 Å². The highest BCUT2D eigenvalue weighted by Gasteiger charge is 2.14. The molecule has 0 radical (unpaired) electrons. The number of carbonyl (C=O) groups excluding carboxylic acids is 2. The van der Waals surface area contributed by atoms with Crippen molar-refractivity contribution in [2.75, 3.05) is 0 Å². The minimum Gasteiger partial charge on any atom is -0.366 e. The lowest BCUT2D eigenvalue weighted by Gasteiger charge is -2.19. The van der Waals surface area contributed by atoms with Crippen molar-refractivity contribution >= 4 is 23.4 Å². The predicted molar refractivity (Wildman–Crippen MR) is 201 cm³/mol. The second-order valence-corrected chi connectivity index (χ2v) is 14.1. The first-order valence-corrected chi connectivity index (χ1v) is 16.4. The molecule has 49 heavy (non-hydrogen) atoms. The average molecular weight is 683 g/mol. The van der Waals surface area contributed by atoms with Crippen LogP contribution in [0.5, 0.6) is 0 Å². The second-order valence-electron chi connectivity index (χ2n) is 13.7. The molecule has 0 aliphatic carbocycles. The molecule has 8 nitrogen and oxygen atoms in total. The fourth-order valence-corrected chi connectivity index (χ4v) is 4.65. The lowest BCUT2D eigenvalue weighted by Crippen LogP contribution is -2.11. The maximum absolute atomic E-state index is 11.0. The predicted octanol–water partition coefficient (Wildman–Crippen LogP) is 7.58. The van der Waals surface area contributed by atoms with Crippen LogP contribution in [0.4, 0.5) is 0 Å². The quantitative estimate of drug-likeness (QED) is 0.151. The third-order valence-corrected chi connectivity index (χ3v) is 7.88. The number of amides is 2. The molecule has 0 saturated carbocycles. The van der Waals surface area contributed by atoms with E-state index in [1.807, 2.05) is 18.3 Å². The van der Waals surface area contributed by atoms with Crippen molar-refractivity contribution in [1.82, 2.24) is 15.0 Å². The largest absolute Gasteiger partial charge is 0.366 e. The lowest BCUT2D eigenvalue weighted by molar-refractivity contribution is 0.0991. The van der Waals surface area contributed by atoms with Crippen molar-refractivity contribution in [1.29, 1.82) is 0 Å². The Morgan fingerprint density at radius 3 is 1.29 bits per heavy atom. The molecule has 0 atom stereocenters. The van der Waals surface area contributed by atoms with Gasteiger partial charge in [-0.3, -0.25) is 19.6 Å². The number of hydrogen-bond acceptors (Lipinski definition) is 6. The van der Waals surface area contributed by atoms with Crippen LogP contribution in [-0.2, 0) is 30.2 Å². The molecule has 5 aromatic rings. The fraction of sp³-hybridized carbons (Fsp3) is 0.275. The Kier molecular flexibility index (Phi) is 13.2. The number of primary amides is 2. The van der Waals surface area contributed by atoms with E-state index in [2.05, 4.69) is 111 Å². The van der Waals surface area contributed by atoms with Crippen LogP contribution in [0.1, 0.15) is 104 Å². The number of nitrogens with two attached hydrogens (primary N) is 3. The van der Waals surface area contributed by atoms with Crippen LogP contribution in [0.15, 0.2) is 104 Å². The fourth-order valence-electron chi connectivity index (χ4n) is 4.54. The number of hydrogen-bond donors (Lipinski definition) is 3. The Morgan fingerprint density at radius 2 is 0.980 bits per heavy atom. The molecule has 0 aliphatic heterocycles. The molecule has 6 N–H and O–H groups in total. The van der Waals surface area contributed by atoms with Crippen LogP contribution >= 0.6 is 11.6 Å². The molecule has 0 fully saturated rings. The van der Waals surface area contributed by atoms with E-state index in [-0.39, 0.29) is 10.8 Å². The zero-order chi connectivity index (χ0) is 38.2. The Balaban J connectivity index is 0.000000272. The molecule has 9 heteroatoms. The lowest BCUT2D eigenvalue weighted by atomic mass is 9.86. The third kappa shape index (κ3) is 12.9. The van der Waals surface area contributed by atoms with E-state index >= 15 is 0 Å². The topological polar surface area (TPSA) is 151 Å². The van der Waals surface area contributed by atoms with E-state index in [1.165, 1.54) is 46.8 Å². The van der Waals surface area contributed by atoms with Crippen LogP contribution in [0.3, 0.4) is 0 Å². The molecule has 0 aliphatic rings. The molecule has 0 bridgehead atoms. The Hall–Kier alpha value is -4.92. The smallest absolute Gasteiger partial charge is 0.250 e. The summed E-state index contributed by atoms with van der Waals surface area (Å²) in [7, 11) is 0. The molecule has 3 heterocycles. The van der Waals surface area contributed by atoms with Gasteiger partial charge < -0.3 is 17.2 Å². The van der Waals surface area contributed by atoms with Crippen molar-refractivity contribution in [2.24, 2.45) is 17.2 Å². The normalized spacial score (nSPS) is 11.2. The average Bonchev–Trinajstić information content (AvgIpc) is 3.10. The van der Waals surface area contributed by atoms with Crippen LogP contribution in [0.2, 0.25) is 5.15 Å². The standard InChI is InChI=1S/C17H20N2O.C17H22N2.C6H5ClN2O.H2/c1-17(2,3)14-7-4-12(5-8-14)10-15-9-6-13(11-19-15)16(18)20;1-17(2,3)15-7-4-13(5-8-15)10-16-9-6-14(11-18)12-19-16;7-5-2-1-4(3-9-5)6(8)10;/h4-9,11H,10H2,1-3H3,(H2,18,20);4-9,12H,10-11,18H2,1-3H3;1-3H,(H2,8,10);1H/i;;;1+1D. The minimum atomic E-state index is -0.496. The van der Waals surface area contributed by atoms with Gasteiger partial charge in [-0.1, -0.05) is 108 Å². The molecular weight excluding hydrogens is 632 g/mol. The summed E-state index contributed by atoms with van der Waals surface area (Å²) in [5.41, 5.74) is 25.2. The number of nitrogens with zero attached hydrogens (tertiary/aromatic N) is 3. The Bertz CT molecular complexity index is 1790. The van der Waals surface area contributed by atoms with Gasteiger partial charge in [0.2, 0.25) is 11.8 Å². The molecule has 2 aromatic carbocycles. The van der Waals surface area contributed by atoms with E-state index in [0.717, 1.165) is 29.8 Å². The molecular formula is C40H49ClN6O2. The highest BCUT2D eigenvalue weighted by atomic mass is 35.5. The van der Waals surface area contributed by atoms with E-state index in [4.69, 9.17) is 31.8 Å². The van der Waals surface area contributed by atoms with Gasteiger partial charge in [0.25, 0.3) is 0 Å². The molecule has 5 rings (SSSR count). The van der Waals surface area contributed by atoms with Gasteiger partial charge in [0.05, 0.1) is 11.1 Å². The molecule has 3 aromatic heterocycles. The van der Waals surface area contributed by atoms with Crippen molar-refractivity contribution in [3.8, 4) is 0 Å². The summed E-state index contributed by atoms with van der Waals surface area (Å²) in [4.78, 5) is 33.8. The zero-order valence-corrected chi connectivity index (χ0v) is 30.0. The zero-order valence-electron chi connectivity index (χ0n) is 31.2. The number of aromatic nitrogens is 3. The van der Waals surface area contributed by atoms with Crippen LogP contribution in [-0.4, -0.2) is 26.8 Å². The van der Waals surface area contributed by atoms with Gasteiger partial charge >= 0.3 is 0 Å². The molecule has 2 amide bonds. The van der Waals surface area contributed by atoms with E-state index in [0.29, 0.717) is 22.8 Å². The van der Waals surface area contributed by atoms with Crippen molar-refractivity contribution in [2.45, 2.75) is 71.8 Å². The second kappa shape index (κ2) is 17.5. The maximum Gasteiger partial charge on any atom is 0.250 e. The number of carbonyl (C=O) groups is 2. The molecule has 0 spiro atoms. The van der Waals surface area contributed by atoms with Gasteiger partial charge in [0.15, 0.2) is 0 Å². The van der Waals surface area contributed by atoms with Crippen molar-refractivity contribution in [3.05, 3.63) is 159 Å². The highest BCUT2D eigenvalue weighted by Crippen LogP contribution is 2.24. The summed E-state index contributed by atoms with van der Waals surface area (Å²) in [5.74, 6) is -0.942. The first-order chi connectivity index (χ1) is 24.0. The van der Waals surface area contributed by atoms with Gasteiger partial charge in [0, 0.05) is 52.3 Å². The summed E-state index contributed by atoms with van der Waals surface area (Å²) < 4.78 is 10.0. The number of rotatable bonds is 7. The van der Waals surface area contributed by atoms with Crippen LogP contribution in [0, 0.1) is 0 Å². The summed E-state index contributed by atoms with van der Waals surface area (Å²) >= 11 is 5.45. The summed E-state index contributed by atoms with van der Waals surface area (Å²) in [6, 6.07) is 28.1. The Morgan fingerprint density at radius 1 is 0.592 bits per heavy atom. The van der Waals surface area contributed by atoms with Crippen molar-refractivity contribution < 1.29 is 12.6 Å². The molecule has 0 unspecified atom stereocenters. The summed E-state index contributed by atoms with van der Waals surface area (Å²) in [6.07, 6.45) is 6.35. The highest BCUT2D eigenvalue weighted by molar-refractivity contribution is 6.29. The number of halogens is 1. The summed E-state index contributed by atoms with van der Waals surface area (Å²) in [6.45, 7) is 13.8. The maximum atomic E-state index is 11.0. The Labute approximate surface area is 298 Å². The van der Waals surface area contributed by atoms with Gasteiger partial charge in [-0.25, -0.2) is 4.98 Å². The number of benzene rings is 2. The van der Waals surface area contributed by atoms with Gasteiger partial charge in [0.1, 0.15) is 5.15 Å². The van der Waals surface area contributed by atoms with Gasteiger partial charge in [-0.2, -0.15) is 0 Å². The monoisotopic (exact) mass is 682 g/mol. The first kappa shape index (κ1) is 36.9. The number of pyridine rings is 3. The molecule has 258 valence electrons. The first-order valence-electron chi connectivity index (χ1n) is 17.0. The molecule has 0 saturated heterocycles. The summed E-state index contributed by atoms with van der Waals surface area (Å²) in [5, 5.41) is 0.352. The van der Waals surface area contributed by atoms with Crippen LogP contribution in [0.25, 0.3) is 0 Å². The van der Waals surface area contributed by atoms with Crippen molar-refractivity contribution in [3.63, 3.8) is 0 Å². The van der Waals surface area contributed by atoms with Crippen LogP contribution < -0.4 is 17.2 Å². The van der Waals surface area contributed by atoms with E-state index in [1.54, 1.807) is 6.07 Å². The minimum absolute atomic E-state index is 0.167. The van der Waals surface area contributed by atoms with E-state index in [9.17, 15) is 9.59 Å². The van der Waals surface area contributed by atoms with E-state index < -0.39 is 11.8 Å². The van der Waals surface area contributed by atoms with Gasteiger partial charge in [-0.15, -0.1) is 0 Å². The third-order valence-electron chi connectivity index (χ3n) is 7.65.